The minimum Gasteiger partial charge on any atom is -0.371 e. The summed E-state index contributed by atoms with van der Waals surface area (Å²) in [6.07, 6.45) is 1.82. The third kappa shape index (κ3) is 2.27. The van der Waals surface area contributed by atoms with Crippen molar-refractivity contribution in [1.82, 2.24) is 4.90 Å². The summed E-state index contributed by atoms with van der Waals surface area (Å²) in [5, 5.41) is 9.36. The van der Waals surface area contributed by atoms with Crippen LogP contribution in [0.4, 0.5) is 5.69 Å². The van der Waals surface area contributed by atoms with Crippen molar-refractivity contribution in [1.29, 1.82) is 5.26 Å². The fourth-order valence-corrected chi connectivity index (χ4v) is 2.43. The van der Waals surface area contributed by atoms with Gasteiger partial charge in [-0.1, -0.05) is 18.2 Å². The second-order valence-corrected chi connectivity index (χ2v) is 4.86. The highest BCUT2D eigenvalue weighted by Gasteiger charge is 2.36. The quantitative estimate of drug-likeness (QED) is 0.778. The molecule has 0 atom stereocenters. The lowest BCUT2D eigenvalue weighted by atomic mass is 9.87. The molecular weight excluding hydrogens is 210 g/mol. The minimum atomic E-state index is -0.273. The third-order valence-corrected chi connectivity index (χ3v) is 3.78. The summed E-state index contributed by atoms with van der Waals surface area (Å²) in [6, 6.07) is 12.9. The van der Waals surface area contributed by atoms with E-state index in [2.05, 4.69) is 40.1 Å². The number of nitriles is 1. The van der Waals surface area contributed by atoms with E-state index in [1.807, 2.05) is 20.2 Å². The summed E-state index contributed by atoms with van der Waals surface area (Å²) in [5.74, 6) is 0. The summed E-state index contributed by atoms with van der Waals surface area (Å²) in [6.45, 7) is 1.91. The van der Waals surface area contributed by atoms with E-state index in [9.17, 15) is 5.26 Å². The predicted octanol–water partition coefficient (Wildman–Crippen LogP) is 2.11. The molecule has 3 nitrogen and oxygen atoms in total. The third-order valence-electron chi connectivity index (χ3n) is 3.78. The average Bonchev–Trinajstić information content (AvgIpc) is 2.39. The Morgan fingerprint density at radius 3 is 2.24 bits per heavy atom. The van der Waals surface area contributed by atoms with E-state index in [1.165, 1.54) is 5.69 Å². The molecule has 1 aromatic rings. The van der Waals surface area contributed by atoms with Gasteiger partial charge in [0.25, 0.3) is 0 Å². The molecular formula is C14H19N3. The van der Waals surface area contributed by atoms with Gasteiger partial charge in [-0.2, -0.15) is 5.26 Å². The van der Waals surface area contributed by atoms with Gasteiger partial charge in [0.1, 0.15) is 5.54 Å². The molecule has 0 radical (unpaired) electrons. The summed E-state index contributed by atoms with van der Waals surface area (Å²) in [5.41, 5.74) is 0.989. The zero-order valence-electron chi connectivity index (χ0n) is 10.6. The molecule has 0 amide bonds. The van der Waals surface area contributed by atoms with E-state index < -0.39 is 0 Å². The maximum absolute atomic E-state index is 9.36. The van der Waals surface area contributed by atoms with Crippen molar-refractivity contribution < 1.29 is 0 Å². The first-order valence-electron chi connectivity index (χ1n) is 6.07. The number of rotatable bonds is 2. The Bertz CT molecular complexity index is 397. The highest BCUT2D eigenvalue weighted by molar-refractivity contribution is 5.46. The van der Waals surface area contributed by atoms with E-state index in [-0.39, 0.29) is 5.54 Å². The number of hydrogen-bond acceptors (Lipinski definition) is 3. The maximum Gasteiger partial charge on any atom is 0.112 e. The smallest absolute Gasteiger partial charge is 0.112 e. The van der Waals surface area contributed by atoms with E-state index in [4.69, 9.17) is 0 Å². The molecule has 0 aliphatic carbocycles. The molecule has 0 unspecified atom stereocenters. The lowest BCUT2D eigenvalue weighted by Crippen LogP contribution is -2.51. The van der Waals surface area contributed by atoms with E-state index in [1.54, 1.807) is 0 Å². The van der Waals surface area contributed by atoms with Gasteiger partial charge in [-0.25, -0.2) is 0 Å². The van der Waals surface area contributed by atoms with E-state index >= 15 is 0 Å². The van der Waals surface area contributed by atoms with Crippen molar-refractivity contribution in [2.75, 3.05) is 32.1 Å². The molecule has 0 N–H and O–H groups in total. The molecule has 1 aliphatic rings. The molecule has 0 spiro atoms. The average molecular weight is 229 g/mol. The largest absolute Gasteiger partial charge is 0.371 e. The van der Waals surface area contributed by atoms with Crippen LogP contribution in [0.2, 0.25) is 0 Å². The Hall–Kier alpha value is -1.53. The molecule has 1 aliphatic heterocycles. The topological polar surface area (TPSA) is 30.3 Å². The summed E-state index contributed by atoms with van der Waals surface area (Å²) in [4.78, 5) is 4.43. The van der Waals surface area contributed by atoms with Crippen LogP contribution in [0, 0.1) is 11.3 Å². The van der Waals surface area contributed by atoms with Crippen molar-refractivity contribution in [3.8, 4) is 6.07 Å². The van der Waals surface area contributed by atoms with Gasteiger partial charge in [0.15, 0.2) is 0 Å². The van der Waals surface area contributed by atoms with Crippen LogP contribution in [0.25, 0.3) is 0 Å². The van der Waals surface area contributed by atoms with Crippen molar-refractivity contribution in [2.45, 2.75) is 18.4 Å². The van der Waals surface area contributed by atoms with Crippen LogP contribution in [0.3, 0.4) is 0 Å². The van der Waals surface area contributed by atoms with Crippen molar-refractivity contribution in [3.05, 3.63) is 30.3 Å². The minimum absolute atomic E-state index is 0.273. The molecule has 1 fully saturated rings. The highest BCUT2D eigenvalue weighted by Crippen LogP contribution is 2.29. The molecule has 0 aromatic heterocycles. The van der Waals surface area contributed by atoms with E-state index in [0.717, 1.165) is 25.9 Å². The zero-order chi connectivity index (χ0) is 12.3. The van der Waals surface area contributed by atoms with E-state index in [0.29, 0.717) is 0 Å². The van der Waals surface area contributed by atoms with Crippen LogP contribution in [0.15, 0.2) is 30.3 Å². The number of anilines is 1. The lowest BCUT2D eigenvalue weighted by Gasteiger charge is -2.42. The maximum atomic E-state index is 9.36. The van der Waals surface area contributed by atoms with Crippen LogP contribution < -0.4 is 4.90 Å². The Labute approximate surface area is 103 Å². The fraction of sp³-hybridized carbons (Fsp3) is 0.500. The van der Waals surface area contributed by atoms with Gasteiger partial charge < -0.3 is 4.90 Å². The molecule has 1 saturated heterocycles. The number of benzene rings is 1. The van der Waals surface area contributed by atoms with Gasteiger partial charge in [-0.15, -0.1) is 0 Å². The molecule has 0 bridgehead atoms. The molecule has 17 heavy (non-hydrogen) atoms. The lowest BCUT2D eigenvalue weighted by molar-refractivity contribution is 0.177. The van der Waals surface area contributed by atoms with Crippen molar-refractivity contribution >= 4 is 5.69 Å². The number of piperidine rings is 1. The molecule has 0 saturated carbocycles. The second-order valence-electron chi connectivity index (χ2n) is 4.86. The molecule has 2 rings (SSSR count). The zero-order valence-corrected chi connectivity index (χ0v) is 10.6. The van der Waals surface area contributed by atoms with Gasteiger partial charge in [0, 0.05) is 18.8 Å². The highest BCUT2D eigenvalue weighted by atomic mass is 15.2. The Kier molecular flexibility index (Phi) is 3.35. The monoisotopic (exact) mass is 229 g/mol. The van der Waals surface area contributed by atoms with Crippen molar-refractivity contribution in [2.24, 2.45) is 0 Å². The summed E-state index contributed by atoms with van der Waals surface area (Å²) in [7, 11) is 4.00. The van der Waals surface area contributed by atoms with Crippen LogP contribution in [0.1, 0.15) is 12.8 Å². The Balaban J connectivity index is 2.06. The first-order valence-corrected chi connectivity index (χ1v) is 6.07. The Morgan fingerprint density at radius 1 is 1.18 bits per heavy atom. The van der Waals surface area contributed by atoms with Crippen LogP contribution >= 0.6 is 0 Å². The van der Waals surface area contributed by atoms with Crippen LogP contribution in [0.5, 0.6) is 0 Å². The first kappa shape index (κ1) is 11.9. The standard InChI is InChI=1S/C14H19N3/c1-16(2)14(12-15)8-10-17(11-9-14)13-6-4-3-5-7-13/h3-7H,8-11H2,1-2H3. The number of hydrogen-bond donors (Lipinski definition) is 0. The summed E-state index contributed by atoms with van der Waals surface area (Å²) < 4.78 is 0. The van der Waals surface area contributed by atoms with Gasteiger partial charge in [-0.3, -0.25) is 4.90 Å². The van der Waals surface area contributed by atoms with Gasteiger partial charge in [0.2, 0.25) is 0 Å². The molecule has 3 heteroatoms. The Morgan fingerprint density at radius 2 is 1.76 bits per heavy atom. The predicted molar refractivity (Wildman–Crippen MR) is 69.9 cm³/mol. The SMILES string of the molecule is CN(C)C1(C#N)CCN(c2ccccc2)CC1. The van der Waals surface area contributed by atoms with Gasteiger partial charge in [-0.05, 0) is 39.1 Å². The number of nitrogens with zero attached hydrogens (tertiary/aromatic N) is 3. The second kappa shape index (κ2) is 4.77. The fourth-order valence-electron chi connectivity index (χ4n) is 2.43. The molecule has 1 heterocycles. The summed E-state index contributed by atoms with van der Waals surface area (Å²) >= 11 is 0. The first-order chi connectivity index (χ1) is 8.18. The van der Waals surface area contributed by atoms with Crippen LogP contribution in [-0.4, -0.2) is 37.6 Å². The molecule has 90 valence electrons. The van der Waals surface area contributed by atoms with Crippen molar-refractivity contribution in [3.63, 3.8) is 0 Å². The molecule has 1 aromatic carbocycles. The van der Waals surface area contributed by atoms with Gasteiger partial charge in [0.05, 0.1) is 6.07 Å². The number of para-hydroxylation sites is 1. The van der Waals surface area contributed by atoms with Gasteiger partial charge >= 0.3 is 0 Å². The normalized spacial score (nSPS) is 19.1. The van der Waals surface area contributed by atoms with Crippen LogP contribution in [-0.2, 0) is 0 Å².